The van der Waals surface area contributed by atoms with Crippen molar-refractivity contribution < 1.29 is 29.3 Å². The summed E-state index contributed by atoms with van der Waals surface area (Å²) < 4.78 is 10.5. The summed E-state index contributed by atoms with van der Waals surface area (Å²) in [6, 6.07) is 8.71. The van der Waals surface area contributed by atoms with Crippen molar-refractivity contribution in [2.45, 2.75) is 0 Å². The lowest BCUT2D eigenvalue weighted by Crippen LogP contribution is -2.01. The Balaban J connectivity index is 2.72. The minimum Gasteiger partial charge on any atom is -0.496 e. The first-order chi connectivity index (χ1) is 10.5. The van der Waals surface area contributed by atoms with Crippen LogP contribution in [0.25, 0.3) is 11.1 Å². The Kier molecular flexibility index (Phi) is 4.31. The Hall–Kier alpha value is -3.02. The van der Waals surface area contributed by atoms with Crippen LogP contribution in [0.5, 0.6) is 11.5 Å². The fourth-order valence-corrected chi connectivity index (χ4v) is 2.10. The van der Waals surface area contributed by atoms with Gasteiger partial charge >= 0.3 is 11.9 Å². The lowest BCUT2D eigenvalue weighted by Gasteiger charge is -2.14. The van der Waals surface area contributed by atoms with Crippen molar-refractivity contribution in [3.05, 3.63) is 47.5 Å². The van der Waals surface area contributed by atoms with Gasteiger partial charge < -0.3 is 19.7 Å². The zero-order valence-corrected chi connectivity index (χ0v) is 12.0. The molecule has 0 bridgehead atoms. The number of benzene rings is 2. The number of carboxylic acids is 2. The second-order valence-electron chi connectivity index (χ2n) is 4.44. The minimum absolute atomic E-state index is 0.0681. The molecule has 114 valence electrons. The van der Waals surface area contributed by atoms with Crippen LogP contribution < -0.4 is 9.47 Å². The maximum Gasteiger partial charge on any atom is 0.335 e. The first kappa shape index (κ1) is 15.4. The van der Waals surface area contributed by atoms with E-state index in [9.17, 15) is 9.59 Å². The molecule has 2 rings (SSSR count). The van der Waals surface area contributed by atoms with Gasteiger partial charge in [0.2, 0.25) is 0 Å². The van der Waals surface area contributed by atoms with Gasteiger partial charge in [0, 0.05) is 11.1 Å². The third-order valence-corrected chi connectivity index (χ3v) is 3.18. The van der Waals surface area contributed by atoms with E-state index in [4.69, 9.17) is 19.7 Å². The standard InChI is InChI=1S/C16H14O6/c1-21-13-5-3-9(15(17)18)7-11(13)12-8-10(16(19)20)4-6-14(12)22-2/h3-8H,1-2H3,(H,17,18)(H,19,20). The van der Waals surface area contributed by atoms with Crippen LogP contribution in [0.4, 0.5) is 0 Å². The maximum atomic E-state index is 11.1. The number of ether oxygens (including phenoxy) is 2. The Morgan fingerprint density at radius 2 is 1.14 bits per heavy atom. The summed E-state index contributed by atoms with van der Waals surface area (Å²) in [5.74, 6) is -1.33. The van der Waals surface area contributed by atoms with Gasteiger partial charge in [-0.1, -0.05) is 0 Å². The SMILES string of the molecule is COc1ccc(C(=O)O)cc1-c1cc(C(=O)O)ccc1OC. The van der Waals surface area contributed by atoms with E-state index in [0.717, 1.165) is 0 Å². The molecule has 6 heteroatoms. The monoisotopic (exact) mass is 302 g/mol. The van der Waals surface area contributed by atoms with E-state index in [1.807, 2.05) is 0 Å². The Morgan fingerprint density at radius 3 is 1.41 bits per heavy atom. The third kappa shape index (κ3) is 2.85. The fraction of sp³-hybridized carbons (Fsp3) is 0.125. The highest BCUT2D eigenvalue weighted by molar-refractivity contribution is 5.93. The van der Waals surface area contributed by atoms with Crippen molar-refractivity contribution >= 4 is 11.9 Å². The van der Waals surface area contributed by atoms with E-state index < -0.39 is 11.9 Å². The summed E-state index contributed by atoms with van der Waals surface area (Å²) in [4.78, 5) is 22.3. The molecular weight excluding hydrogens is 288 g/mol. The van der Waals surface area contributed by atoms with E-state index in [1.54, 1.807) is 0 Å². The van der Waals surface area contributed by atoms with E-state index in [2.05, 4.69) is 0 Å². The van der Waals surface area contributed by atoms with Crippen molar-refractivity contribution in [3.63, 3.8) is 0 Å². The quantitative estimate of drug-likeness (QED) is 0.882. The highest BCUT2D eigenvalue weighted by atomic mass is 16.5. The molecule has 0 aliphatic rings. The Morgan fingerprint density at radius 1 is 0.773 bits per heavy atom. The summed E-state index contributed by atoms with van der Waals surface area (Å²) in [7, 11) is 2.90. The highest BCUT2D eigenvalue weighted by Crippen LogP contribution is 2.37. The molecule has 22 heavy (non-hydrogen) atoms. The first-order valence-corrected chi connectivity index (χ1v) is 6.31. The largest absolute Gasteiger partial charge is 0.496 e. The molecule has 0 spiro atoms. The van der Waals surface area contributed by atoms with Gasteiger partial charge in [0.25, 0.3) is 0 Å². The van der Waals surface area contributed by atoms with Crippen molar-refractivity contribution in [1.82, 2.24) is 0 Å². The molecule has 0 aliphatic heterocycles. The first-order valence-electron chi connectivity index (χ1n) is 6.31. The van der Waals surface area contributed by atoms with Crippen molar-refractivity contribution in [1.29, 1.82) is 0 Å². The van der Waals surface area contributed by atoms with Crippen LogP contribution in [-0.4, -0.2) is 36.4 Å². The summed E-state index contributed by atoms with van der Waals surface area (Å²) in [6.07, 6.45) is 0. The number of hydrogen-bond donors (Lipinski definition) is 2. The fourth-order valence-electron chi connectivity index (χ4n) is 2.10. The second kappa shape index (κ2) is 6.17. The lowest BCUT2D eigenvalue weighted by atomic mass is 9.98. The van der Waals surface area contributed by atoms with Gasteiger partial charge in [-0.15, -0.1) is 0 Å². The van der Waals surface area contributed by atoms with Crippen molar-refractivity contribution in [3.8, 4) is 22.6 Å². The van der Waals surface area contributed by atoms with Gasteiger partial charge in [0.15, 0.2) is 0 Å². The third-order valence-electron chi connectivity index (χ3n) is 3.18. The van der Waals surface area contributed by atoms with E-state index in [-0.39, 0.29) is 11.1 Å². The number of rotatable bonds is 5. The molecule has 0 fully saturated rings. The van der Waals surface area contributed by atoms with E-state index >= 15 is 0 Å². The van der Waals surface area contributed by atoms with Gasteiger partial charge in [-0.3, -0.25) is 0 Å². The highest BCUT2D eigenvalue weighted by Gasteiger charge is 2.16. The van der Waals surface area contributed by atoms with Crippen LogP contribution >= 0.6 is 0 Å². The molecule has 0 heterocycles. The summed E-state index contributed by atoms with van der Waals surface area (Å²) in [5, 5.41) is 18.2. The molecule has 0 aromatic heterocycles. The van der Waals surface area contributed by atoms with Crippen LogP contribution in [0, 0.1) is 0 Å². The lowest BCUT2D eigenvalue weighted by molar-refractivity contribution is 0.0686. The molecule has 0 saturated heterocycles. The van der Waals surface area contributed by atoms with Gasteiger partial charge in [0.1, 0.15) is 11.5 Å². The van der Waals surface area contributed by atoms with E-state index in [0.29, 0.717) is 22.6 Å². The van der Waals surface area contributed by atoms with Gasteiger partial charge in [-0.05, 0) is 36.4 Å². The van der Waals surface area contributed by atoms with Crippen LogP contribution in [0.2, 0.25) is 0 Å². The molecule has 0 unspecified atom stereocenters. The second-order valence-corrected chi connectivity index (χ2v) is 4.44. The zero-order chi connectivity index (χ0) is 16.3. The molecule has 0 atom stereocenters. The van der Waals surface area contributed by atoms with Crippen LogP contribution in [-0.2, 0) is 0 Å². The molecule has 0 radical (unpaired) electrons. The Labute approximate surface area is 126 Å². The average Bonchev–Trinajstić information content (AvgIpc) is 2.53. The van der Waals surface area contributed by atoms with Crippen molar-refractivity contribution in [2.24, 2.45) is 0 Å². The van der Waals surface area contributed by atoms with Crippen molar-refractivity contribution in [2.75, 3.05) is 14.2 Å². The van der Waals surface area contributed by atoms with Crippen LogP contribution in [0.1, 0.15) is 20.7 Å². The molecule has 2 aromatic rings. The normalized spacial score (nSPS) is 10.1. The number of aromatic carboxylic acids is 2. The Bertz CT molecular complexity index is 672. The number of carboxylic acid groups (broad SMARTS) is 2. The maximum absolute atomic E-state index is 11.1. The molecule has 6 nitrogen and oxygen atoms in total. The molecule has 0 saturated carbocycles. The topological polar surface area (TPSA) is 93.1 Å². The molecule has 2 aromatic carbocycles. The molecule has 0 amide bonds. The summed E-state index contributed by atoms with van der Waals surface area (Å²) in [6.45, 7) is 0. The summed E-state index contributed by atoms with van der Waals surface area (Å²) >= 11 is 0. The number of methoxy groups -OCH3 is 2. The number of hydrogen-bond acceptors (Lipinski definition) is 4. The summed E-state index contributed by atoms with van der Waals surface area (Å²) in [5.41, 5.74) is 1.03. The number of carbonyl (C=O) groups is 2. The predicted octanol–water partition coefficient (Wildman–Crippen LogP) is 2.77. The van der Waals surface area contributed by atoms with Crippen LogP contribution in [0.15, 0.2) is 36.4 Å². The molecular formula is C16H14O6. The van der Waals surface area contributed by atoms with Gasteiger partial charge in [0.05, 0.1) is 25.3 Å². The molecule has 0 aliphatic carbocycles. The van der Waals surface area contributed by atoms with E-state index in [1.165, 1.54) is 50.6 Å². The average molecular weight is 302 g/mol. The smallest absolute Gasteiger partial charge is 0.335 e. The zero-order valence-electron chi connectivity index (χ0n) is 12.0. The molecule has 2 N–H and O–H groups in total. The predicted molar refractivity (Wildman–Crippen MR) is 78.9 cm³/mol. The van der Waals surface area contributed by atoms with Gasteiger partial charge in [-0.25, -0.2) is 9.59 Å². The van der Waals surface area contributed by atoms with Crippen LogP contribution in [0.3, 0.4) is 0 Å². The minimum atomic E-state index is -1.09. The van der Waals surface area contributed by atoms with Gasteiger partial charge in [-0.2, -0.15) is 0 Å².